The second-order valence-corrected chi connectivity index (χ2v) is 7.02. The number of halogens is 1. The van der Waals surface area contributed by atoms with Gasteiger partial charge >= 0.3 is 0 Å². The van der Waals surface area contributed by atoms with Crippen molar-refractivity contribution >= 4 is 41.3 Å². The van der Waals surface area contributed by atoms with Crippen molar-refractivity contribution in [3.05, 3.63) is 52.5 Å². The van der Waals surface area contributed by atoms with Crippen LogP contribution in [0.2, 0.25) is 0 Å². The highest BCUT2D eigenvalue weighted by molar-refractivity contribution is 14.0. The number of aliphatic imine (C=N–C) groups is 1. The molecule has 0 aliphatic heterocycles. The molecule has 3 rings (SSSR count). The van der Waals surface area contributed by atoms with E-state index in [4.69, 9.17) is 4.74 Å². The molecular formula is C19H25IN6OS. The van der Waals surface area contributed by atoms with Gasteiger partial charge in [0.05, 0.1) is 13.7 Å². The maximum Gasteiger partial charge on any atom is 0.193 e. The second kappa shape index (κ2) is 11.0. The number of hydrogen-bond donors (Lipinski definition) is 2. The first-order valence-corrected chi connectivity index (χ1v) is 9.57. The molecule has 2 N–H and O–H groups in total. The lowest BCUT2D eigenvalue weighted by molar-refractivity contribution is 0.415. The fourth-order valence-corrected chi connectivity index (χ4v) is 3.33. The highest BCUT2D eigenvalue weighted by Crippen LogP contribution is 2.18. The Labute approximate surface area is 186 Å². The maximum absolute atomic E-state index is 5.18. The summed E-state index contributed by atoms with van der Waals surface area (Å²) >= 11 is 1.78. The summed E-state index contributed by atoms with van der Waals surface area (Å²) in [6.07, 6.45) is 0.999. The average molecular weight is 512 g/mol. The summed E-state index contributed by atoms with van der Waals surface area (Å²) in [4.78, 5) is 12.4. The third-order valence-corrected chi connectivity index (χ3v) is 5.08. The lowest BCUT2D eigenvalue weighted by Gasteiger charge is -2.21. The normalized spacial score (nSPS) is 11.0. The third kappa shape index (κ3) is 5.93. The Kier molecular flexibility index (Phi) is 8.71. The smallest absolute Gasteiger partial charge is 0.193 e. The molecule has 28 heavy (non-hydrogen) atoms. The van der Waals surface area contributed by atoms with Gasteiger partial charge in [-0.3, -0.25) is 10.1 Å². The number of hydrogen-bond acceptors (Lipinski definition) is 5. The molecule has 0 bridgehead atoms. The Morgan fingerprint density at radius 1 is 1.29 bits per heavy atom. The second-order valence-electron chi connectivity index (χ2n) is 5.99. The van der Waals surface area contributed by atoms with Gasteiger partial charge in [0.1, 0.15) is 11.6 Å². The van der Waals surface area contributed by atoms with E-state index in [9.17, 15) is 0 Å². The number of H-pyrrole nitrogens is 1. The molecule has 3 aromatic rings. The van der Waals surface area contributed by atoms with Crippen LogP contribution in [-0.2, 0) is 13.0 Å². The van der Waals surface area contributed by atoms with E-state index >= 15 is 0 Å². The number of benzene rings is 1. The summed E-state index contributed by atoms with van der Waals surface area (Å²) in [5.74, 6) is 3.06. The first kappa shape index (κ1) is 22.2. The summed E-state index contributed by atoms with van der Waals surface area (Å²) in [5.41, 5.74) is 0.941. The molecule has 2 aromatic heterocycles. The molecule has 0 aliphatic rings. The van der Waals surface area contributed by atoms with Crippen LogP contribution in [0.4, 0.5) is 0 Å². The van der Waals surface area contributed by atoms with Gasteiger partial charge in [-0.1, -0.05) is 6.07 Å². The van der Waals surface area contributed by atoms with Crippen molar-refractivity contribution in [2.75, 3.05) is 27.7 Å². The molecule has 0 aliphatic carbocycles. The number of likely N-dealkylation sites (N-methyl/N-ethyl adjacent to an activating group) is 1. The van der Waals surface area contributed by atoms with Gasteiger partial charge in [0.15, 0.2) is 11.8 Å². The van der Waals surface area contributed by atoms with E-state index in [0.29, 0.717) is 12.4 Å². The summed E-state index contributed by atoms with van der Waals surface area (Å²) in [5, 5.41) is 12.7. The Morgan fingerprint density at radius 3 is 2.71 bits per heavy atom. The Morgan fingerprint density at radius 2 is 2.07 bits per heavy atom. The van der Waals surface area contributed by atoms with Gasteiger partial charge in [-0.15, -0.1) is 35.3 Å². The van der Waals surface area contributed by atoms with Gasteiger partial charge in [-0.2, -0.15) is 5.10 Å². The molecule has 150 valence electrons. The van der Waals surface area contributed by atoms with Crippen LogP contribution in [0, 0.1) is 0 Å². The van der Waals surface area contributed by atoms with Crippen molar-refractivity contribution in [1.82, 2.24) is 25.4 Å². The van der Waals surface area contributed by atoms with Crippen molar-refractivity contribution in [3.8, 4) is 17.1 Å². The standard InChI is InChI=1S/C19H24N6OS.HI/c1-20-19(25(2)11-10-16-5-4-12-27-16)21-13-17-22-18(24-23-17)14-6-8-15(26-3)9-7-14;/h4-9,12H,10-11,13H2,1-3H3,(H,20,21)(H,22,23,24);1H. The lowest BCUT2D eigenvalue weighted by Crippen LogP contribution is -2.39. The summed E-state index contributed by atoms with van der Waals surface area (Å²) in [6, 6.07) is 11.9. The summed E-state index contributed by atoms with van der Waals surface area (Å²) in [6.45, 7) is 1.42. The molecule has 0 spiro atoms. The first-order chi connectivity index (χ1) is 13.2. The Balaban J connectivity index is 0.00000280. The van der Waals surface area contributed by atoms with E-state index in [1.54, 1.807) is 25.5 Å². The third-order valence-electron chi connectivity index (χ3n) is 4.14. The van der Waals surface area contributed by atoms with Crippen molar-refractivity contribution < 1.29 is 4.74 Å². The molecular weight excluding hydrogens is 487 g/mol. The fourth-order valence-electron chi connectivity index (χ4n) is 2.63. The number of methoxy groups -OCH3 is 1. The number of thiophene rings is 1. The largest absolute Gasteiger partial charge is 0.497 e. The van der Waals surface area contributed by atoms with E-state index in [0.717, 1.165) is 36.1 Å². The number of aromatic nitrogens is 3. The van der Waals surface area contributed by atoms with Crippen LogP contribution in [-0.4, -0.2) is 53.8 Å². The van der Waals surface area contributed by atoms with Crippen LogP contribution in [0.25, 0.3) is 11.4 Å². The van der Waals surface area contributed by atoms with Crippen molar-refractivity contribution in [2.45, 2.75) is 13.0 Å². The molecule has 0 radical (unpaired) electrons. The Bertz CT molecular complexity index is 863. The van der Waals surface area contributed by atoms with Crippen LogP contribution in [0.1, 0.15) is 10.7 Å². The maximum atomic E-state index is 5.18. The van der Waals surface area contributed by atoms with Crippen molar-refractivity contribution in [3.63, 3.8) is 0 Å². The zero-order valence-electron chi connectivity index (χ0n) is 16.2. The van der Waals surface area contributed by atoms with Gasteiger partial charge in [-0.05, 0) is 42.1 Å². The fraction of sp³-hybridized carbons (Fsp3) is 0.316. The average Bonchev–Trinajstić information content (AvgIpc) is 3.39. The van der Waals surface area contributed by atoms with Gasteiger partial charge in [0.2, 0.25) is 0 Å². The number of ether oxygens (including phenoxy) is 1. The van der Waals surface area contributed by atoms with Crippen LogP contribution < -0.4 is 10.1 Å². The van der Waals surface area contributed by atoms with Gasteiger partial charge in [0.25, 0.3) is 0 Å². The van der Waals surface area contributed by atoms with E-state index in [-0.39, 0.29) is 24.0 Å². The molecule has 7 nitrogen and oxygen atoms in total. The van der Waals surface area contributed by atoms with Crippen LogP contribution >= 0.6 is 35.3 Å². The predicted octanol–water partition coefficient (Wildman–Crippen LogP) is 3.41. The molecule has 2 heterocycles. The quantitative estimate of drug-likeness (QED) is 0.288. The minimum atomic E-state index is 0. The van der Waals surface area contributed by atoms with E-state index in [2.05, 4.69) is 47.9 Å². The highest BCUT2D eigenvalue weighted by Gasteiger charge is 2.09. The molecule has 0 saturated heterocycles. The van der Waals surface area contributed by atoms with E-state index < -0.39 is 0 Å². The molecule has 1 aromatic carbocycles. The van der Waals surface area contributed by atoms with Crippen molar-refractivity contribution in [2.24, 2.45) is 4.99 Å². The number of nitrogens with one attached hydrogen (secondary N) is 2. The molecule has 0 atom stereocenters. The Hall–Kier alpha value is -2.14. The summed E-state index contributed by atoms with van der Waals surface area (Å²) in [7, 11) is 5.47. The van der Waals surface area contributed by atoms with Crippen LogP contribution in [0.3, 0.4) is 0 Å². The SMILES string of the molecule is CN=C(NCc1nc(-c2ccc(OC)cc2)n[nH]1)N(C)CCc1cccs1.I. The summed E-state index contributed by atoms with van der Waals surface area (Å²) < 4.78 is 5.18. The van der Waals surface area contributed by atoms with Gasteiger partial charge in [-0.25, -0.2) is 4.98 Å². The molecule has 0 saturated carbocycles. The number of rotatable bonds is 7. The number of nitrogens with zero attached hydrogens (tertiary/aromatic N) is 4. The van der Waals surface area contributed by atoms with E-state index in [1.165, 1.54) is 4.88 Å². The lowest BCUT2D eigenvalue weighted by atomic mass is 10.2. The monoisotopic (exact) mass is 512 g/mol. The zero-order chi connectivity index (χ0) is 19.1. The number of aromatic amines is 1. The molecule has 9 heteroatoms. The van der Waals surface area contributed by atoms with Crippen molar-refractivity contribution in [1.29, 1.82) is 0 Å². The van der Waals surface area contributed by atoms with Crippen LogP contribution in [0.5, 0.6) is 5.75 Å². The van der Waals surface area contributed by atoms with Gasteiger partial charge < -0.3 is 15.0 Å². The minimum Gasteiger partial charge on any atom is -0.497 e. The predicted molar refractivity (Wildman–Crippen MR) is 125 cm³/mol. The molecule has 0 unspecified atom stereocenters. The van der Waals surface area contributed by atoms with E-state index in [1.807, 2.05) is 31.3 Å². The topological polar surface area (TPSA) is 78.4 Å². The first-order valence-electron chi connectivity index (χ1n) is 8.69. The van der Waals surface area contributed by atoms with Gasteiger partial charge in [0, 0.05) is 31.1 Å². The van der Waals surface area contributed by atoms with Crippen LogP contribution in [0.15, 0.2) is 46.8 Å². The zero-order valence-corrected chi connectivity index (χ0v) is 19.3. The number of guanidine groups is 1. The highest BCUT2D eigenvalue weighted by atomic mass is 127. The molecule has 0 fully saturated rings. The molecule has 0 amide bonds. The minimum absolute atomic E-state index is 0.